The van der Waals surface area contributed by atoms with Crippen molar-refractivity contribution in [2.45, 2.75) is 41.0 Å². The minimum atomic E-state index is -0.350. The van der Waals surface area contributed by atoms with Crippen LogP contribution in [0.15, 0.2) is 42.5 Å². The van der Waals surface area contributed by atoms with Crippen LogP contribution in [0.1, 0.15) is 48.7 Å². The Morgan fingerprint density at radius 1 is 0.893 bits per heavy atom. The first-order valence-corrected chi connectivity index (χ1v) is 8.85. The highest BCUT2D eigenvalue weighted by atomic mass is 16.5. The number of aryl methyl sites for hydroxylation is 2. The van der Waals surface area contributed by atoms with Gasteiger partial charge in [0.1, 0.15) is 11.5 Å². The van der Waals surface area contributed by atoms with Crippen LogP contribution in [0, 0.1) is 13.8 Å². The van der Waals surface area contributed by atoms with E-state index < -0.39 is 0 Å². The van der Waals surface area contributed by atoms with Gasteiger partial charge in [-0.25, -0.2) is 0 Å². The van der Waals surface area contributed by atoms with Gasteiger partial charge in [0.15, 0.2) is 5.78 Å². The zero-order chi connectivity index (χ0) is 20.2. The molecule has 2 rings (SSSR count). The molecule has 0 aliphatic heterocycles. The summed E-state index contributed by atoms with van der Waals surface area (Å²) in [7, 11) is 3.20. The van der Waals surface area contributed by atoms with Gasteiger partial charge < -0.3 is 14.2 Å². The molecule has 0 bridgehead atoms. The van der Waals surface area contributed by atoms with Crippen molar-refractivity contribution in [2.75, 3.05) is 20.8 Å². The molecule has 0 unspecified atom stereocenters. The molecule has 0 heterocycles. The second-order valence-corrected chi connectivity index (χ2v) is 5.95. The lowest BCUT2D eigenvalue weighted by molar-refractivity contribution is -0.143. The monoisotopic (exact) mass is 388 g/mol. The smallest absolute Gasteiger partial charge is 0.306 e. The van der Waals surface area contributed by atoms with Crippen molar-refractivity contribution in [3.05, 3.63) is 59.2 Å². The van der Waals surface area contributed by atoms with E-state index in [2.05, 4.69) is 0 Å². The molecule has 0 saturated carbocycles. The third kappa shape index (κ3) is 8.71. The van der Waals surface area contributed by atoms with Gasteiger partial charge in [-0.05, 0) is 56.2 Å². The molecule has 0 N–H and O–H groups in total. The lowest BCUT2D eigenvalue weighted by Crippen LogP contribution is -2.09. The maximum absolute atomic E-state index is 12.0. The Hall–Kier alpha value is -2.82. The molecule has 0 aliphatic rings. The molecule has 0 atom stereocenters. The Kier molecular flexibility index (Phi) is 12.0. The Morgan fingerprint density at radius 3 is 2.11 bits per heavy atom. The van der Waals surface area contributed by atoms with Crippen molar-refractivity contribution < 1.29 is 23.8 Å². The fraction of sp³-hybridized carbons (Fsp3) is 0.391. The van der Waals surface area contributed by atoms with E-state index in [9.17, 15) is 9.59 Å². The SMILES string of the molecule is C.CCOC(=O)CCC(=O)c1ccc(C)cc1OC.COc1cccc(C)c1. The number of benzene rings is 2. The summed E-state index contributed by atoms with van der Waals surface area (Å²) < 4.78 is 14.9. The highest BCUT2D eigenvalue weighted by Crippen LogP contribution is 2.21. The Balaban J connectivity index is 0.000000614. The summed E-state index contributed by atoms with van der Waals surface area (Å²) >= 11 is 0. The number of methoxy groups -OCH3 is 2. The molecule has 5 nitrogen and oxygen atoms in total. The van der Waals surface area contributed by atoms with Crippen LogP contribution in [0.3, 0.4) is 0 Å². The van der Waals surface area contributed by atoms with Gasteiger partial charge in [0.2, 0.25) is 0 Å². The van der Waals surface area contributed by atoms with Crippen LogP contribution in [0.2, 0.25) is 0 Å². The lowest BCUT2D eigenvalue weighted by atomic mass is 10.0. The molecule has 28 heavy (non-hydrogen) atoms. The molecule has 0 saturated heterocycles. The predicted molar refractivity (Wildman–Crippen MR) is 112 cm³/mol. The van der Waals surface area contributed by atoms with Crippen molar-refractivity contribution in [2.24, 2.45) is 0 Å². The number of hydrogen-bond acceptors (Lipinski definition) is 5. The normalized spacial score (nSPS) is 9.32. The highest BCUT2D eigenvalue weighted by Gasteiger charge is 2.14. The summed E-state index contributed by atoms with van der Waals surface area (Å²) in [6.45, 7) is 6.04. The van der Waals surface area contributed by atoms with Gasteiger partial charge in [-0.1, -0.05) is 25.6 Å². The largest absolute Gasteiger partial charge is 0.497 e. The van der Waals surface area contributed by atoms with Crippen molar-refractivity contribution in [1.29, 1.82) is 0 Å². The summed E-state index contributed by atoms with van der Waals surface area (Å²) in [5.41, 5.74) is 2.76. The topological polar surface area (TPSA) is 61.8 Å². The van der Waals surface area contributed by atoms with Crippen LogP contribution in [0.25, 0.3) is 0 Å². The number of carbonyl (C=O) groups is 2. The van der Waals surface area contributed by atoms with Gasteiger partial charge in [0, 0.05) is 6.42 Å². The van der Waals surface area contributed by atoms with Crippen molar-refractivity contribution in [3.63, 3.8) is 0 Å². The molecule has 2 aromatic carbocycles. The van der Waals surface area contributed by atoms with Crippen LogP contribution in [-0.4, -0.2) is 32.6 Å². The van der Waals surface area contributed by atoms with Gasteiger partial charge in [-0.15, -0.1) is 0 Å². The predicted octanol–water partition coefficient (Wildman–Crippen LogP) is 5.17. The molecule has 154 valence electrons. The fourth-order valence-electron chi connectivity index (χ4n) is 2.35. The summed E-state index contributed by atoms with van der Waals surface area (Å²) in [6, 6.07) is 13.3. The zero-order valence-electron chi connectivity index (χ0n) is 16.7. The summed E-state index contributed by atoms with van der Waals surface area (Å²) in [4.78, 5) is 23.1. The van der Waals surface area contributed by atoms with E-state index in [0.717, 1.165) is 11.3 Å². The average molecular weight is 389 g/mol. The van der Waals surface area contributed by atoms with Crippen molar-refractivity contribution >= 4 is 11.8 Å². The maximum Gasteiger partial charge on any atom is 0.306 e. The van der Waals surface area contributed by atoms with E-state index in [1.807, 2.05) is 44.2 Å². The van der Waals surface area contributed by atoms with Gasteiger partial charge in [0.25, 0.3) is 0 Å². The second-order valence-electron chi connectivity index (χ2n) is 5.95. The number of esters is 1. The minimum Gasteiger partial charge on any atom is -0.497 e. The van der Waals surface area contributed by atoms with E-state index in [1.54, 1.807) is 26.2 Å². The second kappa shape index (κ2) is 13.4. The molecule has 0 aliphatic carbocycles. The lowest BCUT2D eigenvalue weighted by Gasteiger charge is -2.08. The molecule has 0 aromatic heterocycles. The fourth-order valence-corrected chi connectivity index (χ4v) is 2.35. The Labute approximate surface area is 168 Å². The van der Waals surface area contributed by atoms with Crippen LogP contribution in [0.5, 0.6) is 11.5 Å². The minimum absolute atomic E-state index is 0. The Bertz CT molecular complexity index is 752. The number of hydrogen-bond donors (Lipinski definition) is 0. The quantitative estimate of drug-likeness (QED) is 0.484. The van der Waals surface area contributed by atoms with Crippen molar-refractivity contribution in [1.82, 2.24) is 0 Å². The average Bonchev–Trinajstić information content (AvgIpc) is 2.66. The van der Waals surface area contributed by atoms with E-state index in [1.165, 1.54) is 12.7 Å². The number of rotatable bonds is 7. The first kappa shape index (κ1) is 25.2. The Morgan fingerprint density at radius 2 is 1.57 bits per heavy atom. The standard InChI is InChI=1S/C14H18O4.C8H10O.CH4/c1-4-18-14(16)8-7-12(15)11-6-5-10(2)9-13(11)17-3;1-7-4-3-5-8(6-7)9-2;/h5-6,9H,4,7-8H2,1-3H3;3-6H,1-2H3;1H4. The first-order chi connectivity index (χ1) is 12.9. The first-order valence-electron chi connectivity index (χ1n) is 8.85. The number of Topliss-reactive ketones (excluding diaryl/α,β-unsaturated/α-hetero) is 1. The van der Waals surface area contributed by atoms with Gasteiger partial charge in [-0.3, -0.25) is 9.59 Å². The van der Waals surface area contributed by atoms with Crippen LogP contribution in [0.4, 0.5) is 0 Å². The van der Waals surface area contributed by atoms with Gasteiger partial charge >= 0.3 is 5.97 Å². The van der Waals surface area contributed by atoms with E-state index in [-0.39, 0.29) is 32.0 Å². The van der Waals surface area contributed by atoms with Crippen LogP contribution < -0.4 is 9.47 Å². The molecular formula is C23H32O5. The zero-order valence-corrected chi connectivity index (χ0v) is 16.7. The third-order valence-corrected chi connectivity index (χ3v) is 3.74. The molecule has 2 aromatic rings. The summed E-state index contributed by atoms with van der Waals surface area (Å²) in [6.07, 6.45) is 0.238. The summed E-state index contributed by atoms with van der Waals surface area (Å²) in [5, 5.41) is 0. The maximum atomic E-state index is 12.0. The van der Waals surface area contributed by atoms with Crippen molar-refractivity contribution in [3.8, 4) is 11.5 Å². The van der Waals surface area contributed by atoms with Gasteiger partial charge in [-0.2, -0.15) is 0 Å². The van der Waals surface area contributed by atoms with E-state index >= 15 is 0 Å². The van der Waals surface area contributed by atoms with Gasteiger partial charge in [0.05, 0.1) is 32.8 Å². The van der Waals surface area contributed by atoms with Crippen LogP contribution in [-0.2, 0) is 9.53 Å². The van der Waals surface area contributed by atoms with Crippen LogP contribution >= 0.6 is 0 Å². The molecule has 0 spiro atoms. The van der Waals surface area contributed by atoms with E-state index in [0.29, 0.717) is 17.9 Å². The number of ether oxygens (including phenoxy) is 3. The number of ketones is 1. The highest BCUT2D eigenvalue weighted by molar-refractivity contribution is 6.00. The molecular weight excluding hydrogens is 356 g/mol. The number of carbonyl (C=O) groups excluding carboxylic acids is 2. The molecule has 0 amide bonds. The molecule has 0 radical (unpaired) electrons. The molecule has 5 heteroatoms. The molecule has 0 fully saturated rings. The van der Waals surface area contributed by atoms with E-state index in [4.69, 9.17) is 14.2 Å². The summed E-state index contributed by atoms with van der Waals surface area (Å²) in [5.74, 6) is 1.01. The third-order valence-electron chi connectivity index (χ3n) is 3.74.